The van der Waals surface area contributed by atoms with Crippen molar-refractivity contribution in [2.24, 2.45) is 5.14 Å². The number of aromatic nitrogens is 1. The van der Waals surface area contributed by atoms with Crippen molar-refractivity contribution in [3.05, 3.63) is 45.6 Å². The zero-order valence-electron chi connectivity index (χ0n) is 21.8. The van der Waals surface area contributed by atoms with Crippen molar-refractivity contribution in [3.8, 4) is 0 Å². The van der Waals surface area contributed by atoms with E-state index in [0.29, 0.717) is 17.7 Å². The largest absolute Gasteiger partial charge is 0.383 e. The molecule has 3 rings (SSSR count). The van der Waals surface area contributed by atoms with Gasteiger partial charge in [0.1, 0.15) is 14.8 Å². The third kappa shape index (κ3) is 7.20. The molecule has 4 N–H and O–H groups in total. The molecule has 35 heavy (non-hydrogen) atoms. The van der Waals surface area contributed by atoms with Gasteiger partial charge in [0.25, 0.3) is 0 Å². The summed E-state index contributed by atoms with van der Waals surface area (Å²) in [5, 5.41) is 16.6. The molecule has 1 saturated carbocycles. The molecule has 0 aliphatic heterocycles. The monoisotopic (exact) mass is 523 g/mol. The summed E-state index contributed by atoms with van der Waals surface area (Å²) < 4.78 is 22.2. The second-order valence-corrected chi connectivity index (χ2v) is 14.1. The lowest BCUT2D eigenvalue weighted by molar-refractivity contribution is -0.118. The lowest BCUT2D eigenvalue weighted by atomic mass is 9.85. The minimum absolute atomic E-state index is 0.0864. The van der Waals surface area contributed by atoms with Crippen LogP contribution in [0.15, 0.2) is 22.5 Å². The van der Waals surface area contributed by atoms with Crippen molar-refractivity contribution in [2.75, 3.05) is 0 Å². The summed E-state index contributed by atoms with van der Waals surface area (Å²) in [5.74, 6) is 0.0253. The fourth-order valence-corrected chi connectivity index (χ4v) is 6.90. The Morgan fingerprint density at radius 3 is 2.29 bits per heavy atom. The molecular formula is C26H41N3O4S2. The zero-order chi connectivity index (χ0) is 26.0. The topological polar surface area (TPSA) is 115 Å². The SMILES string of the molecule is CC(C)c1cc(COC2CCCC2)cc(C(C)C)c1CC(=O)N[SH](N)(=O)c1cnc(C(C)(C)O)s1. The highest BCUT2D eigenvalue weighted by Crippen LogP contribution is 2.32. The quantitative estimate of drug-likeness (QED) is 0.340. The summed E-state index contributed by atoms with van der Waals surface area (Å²) in [6.07, 6.45) is 6.52. The third-order valence-corrected chi connectivity index (χ3v) is 9.94. The number of aliphatic hydroxyl groups is 1. The first-order valence-electron chi connectivity index (χ1n) is 12.4. The van der Waals surface area contributed by atoms with Crippen LogP contribution in [0.4, 0.5) is 0 Å². The second kappa shape index (κ2) is 11.2. The molecule has 0 radical (unpaired) electrons. The van der Waals surface area contributed by atoms with Crippen LogP contribution in [0.5, 0.6) is 0 Å². The third-order valence-electron chi connectivity index (χ3n) is 6.38. The first-order chi connectivity index (χ1) is 16.3. The van der Waals surface area contributed by atoms with Crippen molar-refractivity contribution in [3.63, 3.8) is 0 Å². The summed E-state index contributed by atoms with van der Waals surface area (Å²) in [7, 11) is -3.67. The van der Waals surface area contributed by atoms with Crippen molar-refractivity contribution in [1.29, 1.82) is 0 Å². The first kappa shape index (κ1) is 27.9. The first-order valence-corrected chi connectivity index (χ1v) is 15.0. The molecule has 1 aromatic carbocycles. The number of nitrogens with zero attached hydrogens (tertiary/aromatic N) is 1. The van der Waals surface area contributed by atoms with Gasteiger partial charge in [-0.3, -0.25) is 14.7 Å². The van der Waals surface area contributed by atoms with E-state index in [9.17, 15) is 14.1 Å². The Kier molecular flexibility index (Phi) is 8.91. The van der Waals surface area contributed by atoms with Crippen LogP contribution in [0, 0.1) is 0 Å². The number of benzene rings is 1. The lowest BCUT2D eigenvalue weighted by Gasteiger charge is -2.24. The molecule has 2 aromatic rings. The Balaban J connectivity index is 1.82. The average molecular weight is 524 g/mol. The number of hydrogen-bond acceptors (Lipinski definition) is 6. The number of carbonyl (C=O) groups is 1. The van der Waals surface area contributed by atoms with Gasteiger partial charge in [0, 0.05) is 10.3 Å². The van der Waals surface area contributed by atoms with E-state index < -0.39 is 21.8 Å². The van der Waals surface area contributed by atoms with Crippen LogP contribution in [0.1, 0.15) is 106 Å². The molecule has 1 aromatic heterocycles. The standard InChI is InChI=1S/C26H41N3O4S2/c1-16(2)20-11-18(15-33-19-9-7-8-10-19)12-21(17(3)4)22(20)13-23(30)29-35(27,32)24-14-28-25(34-24)26(5,6)31/h11-12,14,16-17,19,31,35H,7-10,13,15H2,1-6H3,(H3,27,29,30,32). The van der Waals surface area contributed by atoms with E-state index >= 15 is 0 Å². The van der Waals surface area contributed by atoms with Gasteiger partial charge in [-0.15, -0.1) is 11.3 Å². The van der Waals surface area contributed by atoms with Gasteiger partial charge in [0.15, 0.2) is 0 Å². The number of carbonyl (C=O) groups excluding carboxylic acids is 1. The van der Waals surface area contributed by atoms with E-state index in [1.54, 1.807) is 13.8 Å². The molecule has 0 atom stereocenters. The Morgan fingerprint density at radius 1 is 1.23 bits per heavy atom. The highest BCUT2D eigenvalue weighted by atomic mass is 32.3. The lowest BCUT2D eigenvalue weighted by Crippen LogP contribution is -2.43. The maximum atomic E-state index is 13.2. The van der Waals surface area contributed by atoms with Crippen LogP contribution in [-0.4, -0.2) is 26.3 Å². The van der Waals surface area contributed by atoms with Gasteiger partial charge in [-0.2, -0.15) is 0 Å². The molecule has 196 valence electrons. The normalized spacial score (nSPS) is 15.8. The molecule has 1 heterocycles. The predicted octanol–water partition coefficient (Wildman–Crippen LogP) is 4.60. The molecule has 0 unspecified atom stereocenters. The van der Waals surface area contributed by atoms with E-state index in [0.717, 1.165) is 46.4 Å². The number of thiol groups is 1. The molecule has 1 amide bonds. The summed E-state index contributed by atoms with van der Waals surface area (Å²) in [4.78, 5) is 17.2. The van der Waals surface area contributed by atoms with Gasteiger partial charge in [-0.1, -0.05) is 52.7 Å². The Morgan fingerprint density at radius 2 is 1.80 bits per heavy atom. The molecule has 0 spiro atoms. The summed E-state index contributed by atoms with van der Waals surface area (Å²) >= 11 is 1.05. The van der Waals surface area contributed by atoms with Gasteiger partial charge in [0.2, 0.25) is 5.91 Å². The smallest absolute Gasteiger partial charge is 0.235 e. The minimum atomic E-state index is -3.67. The van der Waals surface area contributed by atoms with Crippen LogP contribution in [0.2, 0.25) is 0 Å². The number of nitrogens with two attached hydrogens (primary N) is 1. The number of rotatable bonds is 10. The van der Waals surface area contributed by atoms with Crippen LogP contribution in [0.3, 0.4) is 0 Å². The van der Waals surface area contributed by atoms with Crippen LogP contribution < -0.4 is 9.86 Å². The molecule has 7 nitrogen and oxygen atoms in total. The molecular weight excluding hydrogens is 482 g/mol. The van der Waals surface area contributed by atoms with Crippen molar-refractivity contribution >= 4 is 27.5 Å². The summed E-state index contributed by atoms with van der Waals surface area (Å²) in [6, 6.07) is 4.30. The number of ether oxygens (including phenoxy) is 1. The van der Waals surface area contributed by atoms with E-state index in [2.05, 4.69) is 49.5 Å². The molecule has 1 aliphatic rings. The summed E-state index contributed by atoms with van der Waals surface area (Å²) in [5.41, 5.74) is 3.12. The molecule has 9 heteroatoms. The maximum Gasteiger partial charge on any atom is 0.235 e. The fraction of sp³-hybridized carbons (Fsp3) is 0.615. The highest BCUT2D eigenvalue weighted by molar-refractivity contribution is 8.01. The van der Waals surface area contributed by atoms with Crippen molar-refractivity contribution in [1.82, 2.24) is 9.71 Å². The Hall–Kier alpha value is -1.65. The summed E-state index contributed by atoms with van der Waals surface area (Å²) in [6.45, 7) is 12.2. The van der Waals surface area contributed by atoms with E-state index in [4.69, 9.17) is 9.88 Å². The van der Waals surface area contributed by atoms with Gasteiger partial charge < -0.3 is 9.84 Å². The van der Waals surface area contributed by atoms with E-state index in [1.165, 1.54) is 19.0 Å². The van der Waals surface area contributed by atoms with Crippen LogP contribution in [0.25, 0.3) is 0 Å². The molecule has 0 saturated heterocycles. The van der Waals surface area contributed by atoms with Gasteiger partial charge in [-0.25, -0.2) is 9.19 Å². The number of thiazole rings is 1. The Bertz CT molecular complexity index is 1050. The zero-order valence-corrected chi connectivity index (χ0v) is 23.5. The van der Waals surface area contributed by atoms with Crippen molar-refractivity contribution < 1.29 is 18.8 Å². The number of hydrogen-bond donors (Lipinski definition) is 4. The molecule has 0 bridgehead atoms. The number of amides is 1. The predicted molar refractivity (Wildman–Crippen MR) is 143 cm³/mol. The van der Waals surface area contributed by atoms with Crippen molar-refractivity contribution in [2.45, 2.75) is 108 Å². The minimum Gasteiger partial charge on any atom is -0.383 e. The van der Waals surface area contributed by atoms with Gasteiger partial charge in [0.05, 0.1) is 25.3 Å². The molecule has 1 fully saturated rings. The number of nitrogens with one attached hydrogen (secondary N) is 1. The van der Waals surface area contributed by atoms with Gasteiger partial charge in [-0.05, 0) is 60.8 Å². The van der Waals surface area contributed by atoms with E-state index in [-0.39, 0.29) is 22.5 Å². The average Bonchev–Trinajstić information content (AvgIpc) is 3.44. The Labute approximate surface area is 214 Å². The second-order valence-electron chi connectivity index (χ2n) is 10.7. The maximum absolute atomic E-state index is 13.2. The van der Waals surface area contributed by atoms with Crippen LogP contribution >= 0.6 is 11.3 Å². The molecule has 1 aliphatic carbocycles. The van der Waals surface area contributed by atoms with Gasteiger partial charge >= 0.3 is 0 Å². The fourth-order valence-electron chi connectivity index (χ4n) is 4.51. The van der Waals surface area contributed by atoms with E-state index in [1.807, 2.05) is 0 Å². The van der Waals surface area contributed by atoms with Crippen LogP contribution in [-0.2, 0) is 38.5 Å². The highest BCUT2D eigenvalue weighted by Gasteiger charge is 2.26.